The van der Waals surface area contributed by atoms with Gasteiger partial charge in [-0.25, -0.2) is 9.79 Å². The highest BCUT2D eigenvalue weighted by Gasteiger charge is 2.30. The Kier molecular flexibility index (Phi) is 15.7. The number of amides is 2. The quantitative estimate of drug-likeness (QED) is 0.160. The summed E-state index contributed by atoms with van der Waals surface area (Å²) in [6.07, 6.45) is 3.44. The van der Waals surface area contributed by atoms with Crippen molar-refractivity contribution in [1.29, 1.82) is 0 Å². The minimum absolute atomic E-state index is 0.187. The second-order valence-electron chi connectivity index (χ2n) is 10.5. The van der Waals surface area contributed by atoms with Gasteiger partial charge in [0.15, 0.2) is 5.11 Å². The number of para-hydroxylation sites is 1. The van der Waals surface area contributed by atoms with Crippen molar-refractivity contribution in [3.63, 3.8) is 0 Å². The molecule has 1 saturated heterocycles. The van der Waals surface area contributed by atoms with Crippen molar-refractivity contribution in [3.8, 4) is 5.75 Å². The summed E-state index contributed by atoms with van der Waals surface area (Å²) in [5.41, 5.74) is 4.14. The Labute approximate surface area is 264 Å². The minimum atomic E-state index is -4.60. The summed E-state index contributed by atoms with van der Waals surface area (Å²) < 4.78 is 38.5. The van der Waals surface area contributed by atoms with Crippen LogP contribution in [0.2, 0.25) is 0 Å². The smallest absolute Gasteiger partial charge is 0.406 e. The number of anilines is 1. The highest BCUT2D eigenvalue weighted by atomic mass is 32.1. The largest absolute Gasteiger partial charge is 0.573 e. The molecule has 0 aromatic heterocycles. The van der Waals surface area contributed by atoms with E-state index in [2.05, 4.69) is 55.5 Å². The third-order valence-corrected chi connectivity index (χ3v) is 7.22. The van der Waals surface area contributed by atoms with E-state index in [0.29, 0.717) is 17.6 Å². The third-order valence-electron chi connectivity index (χ3n) is 7.02. The lowest BCUT2D eigenvalue weighted by atomic mass is 9.94. The maximum Gasteiger partial charge on any atom is 0.573 e. The molecule has 44 heavy (non-hydrogen) atoms. The summed E-state index contributed by atoms with van der Waals surface area (Å²) in [6, 6.07) is 11.5. The molecule has 0 bridgehead atoms. The SMILES string of the molecule is CCC/C=N\C(=NC)N1CCC(CCNC(=O)NC(=S)Nc2c(C)cccc2CC)CC1.Cc1ccc(OC(F)(F)F)cc1. The summed E-state index contributed by atoms with van der Waals surface area (Å²) in [5.74, 6) is 1.23. The van der Waals surface area contributed by atoms with Crippen LogP contribution in [0.1, 0.15) is 62.6 Å². The molecule has 0 radical (unpaired) electrons. The lowest BCUT2D eigenvalue weighted by Gasteiger charge is -2.32. The van der Waals surface area contributed by atoms with Gasteiger partial charge in [-0.2, -0.15) is 0 Å². The van der Waals surface area contributed by atoms with Gasteiger partial charge in [-0.3, -0.25) is 10.3 Å². The van der Waals surface area contributed by atoms with E-state index in [-0.39, 0.29) is 11.8 Å². The zero-order chi connectivity index (χ0) is 32.5. The Bertz CT molecular complexity index is 1240. The van der Waals surface area contributed by atoms with Crippen molar-refractivity contribution in [2.24, 2.45) is 15.9 Å². The molecular formula is C32H45F3N6O2S. The molecule has 2 aromatic rings. The van der Waals surface area contributed by atoms with Crippen LogP contribution >= 0.6 is 12.2 Å². The topological polar surface area (TPSA) is 90.4 Å². The van der Waals surface area contributed by atoms with Crippen LogP contribution in [-0.4, -0.2) is 61.3 Å². The molecule has 0 unspecified atom stereocenters. The number of rotatable bonds is 8. The van der Waals surface area contributed by atoms with Gasteiger partial charge in [-0.15, -0.1) is 13.2 Å². The molecule has 242 valence electrons. The number of aryl methyl sites for hydroxylation is 3. The molecule has 2 amide bonds. The van der Waals surface area contributed by atoms with E-state index >= 15 is 0 Å². The number of carbonyl (C=O) groups is 1. The number of alkyl halides is 3. The van der Waals surface area contributed by atoms with Gasteiger partial charge in [0, 0.05) is 38.6 Å². The number of benzene rings is 2. The number of halogens is 3. The first-order chi connectivity index (χ1) is 20.9. The van der Waals surface area contributed by atoms with E-state index in [1.54, 1.807) is 26.1 Å². The molecule has 3 rings (SSSR count). The van der Waals surface area contributed by atoms with Crippen molar-refractivity contribution >= 4 is 41.2 Å². The molecular weight excluding hydrogens is 589 g/mol. The van der Waals surface area contributed by atoms with Crippen molar-refractivity contribution in [2.75, 3.05) is 32.0 Å². The highest BCUT2D eigenvalue weighted by Crippen LogP contribution is 2.23. The molecule has 0 aliphatic carbocycles. The van der Waals surface area contributed by atoms with Crippen LogP contribution in [0.25, 0.3) is 0 Å². The Balaban J connectivity index is 0.000000469. The van der Waals surface area contributed by atoms with E-state index in [1.165, 1.54) is 17.7 Å². The van der Waals surface area contributed by atoms with Gasteiger partial charge in [0.1, 0.15) is 5.75 Å². The molecule has 3 N–H and O–H groups in total. The zero-order valence-corrected chi connectivity index (χ0v) is 27.1. The lowest BCUT2D eigenvalue weighted by Crippen LogP contribution is -2.43. The number of guanidine groups is 1. The van der Waals surface area contributed by atoms with Gasteiger partial charge in [-0.1, -0.05) is 56.2 Å². The third kappa shape index (κ3) is 13.7. The van der Waals surface area contributed by atoms with Gasteiger partial charge in [0.05, 0.1) is 0 Å². The molecule has 0 atom stereocenters. The maximum atomic E-state index is 12.2. The number of piperidine rings is 1. The first-order valence-corrected chi connectivity index (χ1v) is 15.4. The number of nitrogens with zero attached hydrogens (tertiary/aromatic N) is 3. The normalized spacial score (nSPS) is 14.1. The molecule has 1 aliphatic heterocycles. The number of ether oxygens (including phenoxy) is 1. The van der Waals surface area contributed by atoms with Crippen LogP contribution < -0.4 is 20.7 Å². The van der Waals surface area contributed by atoms with Gasteiger partial charge >= 0.3 is 12.4 Å². The molecule has 12 heteroatoms. The van der Waals surface area contributed by atoms with E-state index in [0.717, 1.165) is 74.4 Å². The predicted octanol–water partition coefficient (Wildman–Crippen LogP) is 7.41. The van der Waals surface area contributed by atoms with Gasteiger partial charge < -0.3 is 20.3 Å². The number of nitrogens with one attached hydrogen (secondary N) is 3. The van der Waals surface area contributed by atoms with Crippen LogP contribution in [0.3, 0.4) is 0 Å². The van der Waals surface area contributed by atoms with E-state index in [4.69, 9.17) is 12.2 Å². The Morgan fingerprint density at radius 3 is 2.39 bits per heavy atom. The Hall–Kier alpha value is -3.67. The summed E-state index contributed by atoms with van der Waals surface area (Å²) in [7, 11) is 1.80. The van der Waals surface area contributed by atoms with Crippen LogP contribution in [0.15, 0.2) is 52.4 Å². The molecule has 1 aliphatic rings. The molecule has 2 aromatic carbocycles. The summed E-state index contributed by atoms with van der Waals surface area (Å²) in [6.45, 7) is 10.6. The predicted molar refractivity (Wildman–Crippen MR) is 177 cm³/mol. The number of carbonyl (C=O) groups excluding carboxylic acids is 1. The fourth-order valence-corrected chi connectivity index (χ4v) is 4.80. The number of unbranched alkanes of at least 4 members (excludes halogenated alkanes) is 1. The van der Waals surface area contributed by atoms with Crippen LogP contribution in [0.5, 0.6) is 5.75 Å². The average Bonchev–Trinajstić information content (AvgIpc) is 2.98. The first-order valence-electron chi connectivity index (χ1n) is 15.0. The minimum Gasteiger partial charge on any atom is -0.406 e. The fraction of sp³-hybridized carbons (Fsp3) is 0.500. The summed E-state index contributed by atoms with van der Waals surface area (Å²) in [4.78, 5) is 23.3. The van der Waals surface area contributed by atoms with Crippen molar-refractivity contribution in [3.05, 3.63) is 59.2 Å². The standard InChI is InChI=1S/C24H38N6OS.C8H7F3O/c1-5-7-14-26-22(25-4)30-16-12-19(13-17-30)11-15-27-23(31)29-24(32)28-21-18(3)9-8-10-20(21)6-2;1-6-2-4-7(5-3-6)12-8(9,10)11/h8-10,14,19H,5-7,11-13,15-17H2,1-4H3,(H3,27,28,29,31,32);2-5H,1H3/b25-22?,26-14-;. The Morgan fingerprint density at radius 1 is 1.11 bits per heavy atom. The summed E-state index contributed by atoms with van der Waals surface area (Å²) in [5, 5.41) is 9.15. The van der Waals surface area contributed by atoms with Gasteiger partial charge in [0.25, 0.3) is 0 Å². The van der Waals surface area contributed by atoms with E-state index in [1.807, 2.05) is 25.3 Å². The molecule has 1 fully saturated rings. The second kappa shape index (κ2) is 18.9. The first kappa shape index (κ1) is 36.5. The lowest BCUT2D eigenvalue weighted by molar-refractivity contribution is -0.274. The number of aliphatic imine (C=N–C) groups is 2. The monoisotopic (exact) mass is 634 g/mol. The fourth-order valence-electron chi connectivity index (χ4n) is 4.60. The van der Waals surface area contributed by atoms with Crippen LogP contribution in [-0.2, 0) is 6.42 Å². The number of thiocarbonyl (C=S) groups is 1. The maximum absolute atomic E-state index is 12.2. The van der Waals surface area contributed by atoms with Crippen LogP contribution in [0, 0.1) is 19.8 Å². The number of likely N-dealkylation sites (tertiary alicyclic amines) is 1. The number of hydrogen-bond donors (Lipinski definition) is 3. The van der Waals surface area contributed by atoms with E-state index in [9.17, 15) is 18.0 Å². The number of hydrogen-bond acceptors (Lipinski definition) is 4. The Morgan fingerprint density at radius 2 is 1.80 bits per heavy atom. The second-order valence-corrected chi connectivity index (χ2v) is 10.9. The van der Waals surface area contributed by atoms with Crippen molar-refractivity contribution in [2.45, 2.75) is 72.6 Å². The van der Waals surface area contributed by atoms with Crippen molar-refractivity contribution < 1.29 is 22.7 Å². The number of urea groups is 1. The molecule has 1 heterocycles. The zero-order valence-electron chi connectivity index (χ0n) is 26.3. The molecule has 0 spiro atoms. The average molecular weight is 635 g/mol. The van der Waals surface area contributed by atoms with Gasteiger partial charge in [0.2, 0.25) is 5.96 Å². The van der Waals surface area contributed by atoms with E-state index < -0.39 is 6.36 Å². The van der Waals surface area contributed by atoms with Gasteiger partial charge in [-0.05, 0) is 87.3 Å². The van der Waals surface area contributed by atoms with Crippen LogP contribution in [0.4, 0.5) is 23.7 Å². The molecule has 0 saturated carbocycles. The molecule has 8 nitrogen and oxygen atoms in total. The summed E-state index contributed by atoms with van der Waals surface area (Å²) >= 11 is 5.33. The van der Waals surface area contributed by atoms with Crippen molar-refractivity contribution in [1.82, 2.24) is 15.5 Å². The highest BCUT2D eigenvalue weighted by molar-refractivity contribution is 7.80.